The molecule has 0 saturated carbocycles. The van der Waals surface area contributed by atoms with Gasteiger partial charge in [0, 0.05) is 18.5 Å². The Morgan fingerprint density at radius 2 is 1.75 bits per heavy atom. The second kappa shape index (κ2) is 7.64. The van der Waals surface area contributed by atoms with Gasteiger partial charge in [-0.3, -0.25) is 0 Å². The molecule has 20 heavy (non-hydrogen) atoms. The van der Waals surface area contributed by atoms with Gasteiger partial charge in [-0.05, 0) is 5.56 Å². The third kappa shape index (κ3) is 8.17. The quantitative estimate of drug-likeness (QED) is 0.736. The van der Waals surface area contributed by atoms with Crippen molar-refractivity contribution in [2.75, 3.05) is 19.8 Å². The van der Waals surface area contributed by atoms with E-state index in [-0.39, 0.29) is 12.0 Å². The third-order valence-electron chi connectivity index (χ3n) is 2.80. The molecule has 0 aliphatic rings. The van der Waals surface area contributed by atoms with Crippen molar-refractivity contribution in [3.8, 4) is 0 Å². The van der Waals surface area contributed by atoms with E-state index in [4.69, 9.17) is 4.74 Å². The molecule has 0 aromatic heterocycles. The Bertz CT molecular complexity index is 376. The Balaban J connectivity index is 2.17. The summed E-state index contributed by atoms with van der Waals surface area (Å²) in [7, 11) is 0. The number of benzene rings is 1. The first-order valence-corrected chi connectivity index (χ1v) is 6.68. The van der Waals surface area contributed by atoms with E-state index in [1.807, 2.05) is 44.2 Å². The molecule has 0 atom stereocenters. The van der Waals surface area contributed by atoms with Crippen LogP contribution < -0.4 is 5.32 Å². The van der Waals surface area contributed by atoms with Gasteiger partial charge in [0.1, 0.15) is 0 Å². The largest absolute Gasteiger partial charge is 0.391 e. The molecule has 0 spiro atoms. The summed E-state index contributed by atoms with van der Waals surface area (Å²) in [5, 5.41) is 3.30. The standard InChI is InChI=1S/C15H22F3NO/c1-14(2,12-20-9-8-15(16,17)18)11-19-10-13-6-4-3-5-7-13/h3-7,19H,8-12H2,1-2H3. The smallest absolute Gasteiger partial charge is 0.380 e. The van der Waals surface area contributed by atoms with E-state index in [1.165, 1.54) is 5.56 Å². The van der Waals surface area contributed by atoms with E-state index in [0.29, 0.717) is 13.2 Å². The highest BCUT2D eigenvalue weighted by Crippen LogP contribution is 2.20. The average molecular weight is 289 g/mol. The fraction of sp³-hybridized carbons (Fsp3) is 0.600. The number of ether oxygens (including phenoxy) is 1. The summed E-state index contributed by atoms with van der Waals surface area (Å²) in [6.07, 6.45) is -5.03. The van der Waals surface area contributed by atoms with E-state index < -0.39 is 12.6 Å². The van der Waals surface area contributed by atoms with Crippen molar-refractivity contribution in [1.82, 2.24) is 5.32 Å². The van der Waals surface area contributed by atoms with Crippen LogP contribution in [0.15, 0.2) is 30.3 Å². The van der Waals surface area contributed by atoms with Gasteiger partial charge in [0.25, 0.3) is 0 Å². The first-order chi connectivity index (χ1) is 9.29. The van der Waals surface area contributed by atoms with E-state index in [9.17, 15) is 13.2 Å². The van der Waals surface area contributed by atoms with Crippen LogP contribution in [-0.4, -0.2) is 25.9 Å². The lowest BCUT2D eigenvalue weighted by Gasteiger charge is -2.25. The van der Waals surface area contributed by atoms with Gasteiger partial charge >= 0.3 is 6.18 Å². The molecule has 0 radical (unpaired) electrons. The zero-order valence-corrected chi connectivity index (χ0v) is 12.0. The van der Waals surface area contributed by atoms with Crippen LogP contribution in [-0.2, 0) is 11.3 Å². The second-order valence-electron chi connectivity index (χ2n) is 5.67. The molecule has 1 aromatic rings. The molecule has 5 heteroatoms. The predicted octanol–water partition coefficient (Wildman–Crippen LogP) is 3.77. The summed E-state index contributed by atoms with van der Waals surface area (Å²) >= 11 is 0. The molecular formula is C15H22F3NO. The minimum atomic E-state index is -4.14. The highest BCUT2D eigenvalue weighted by molar-refractivity contribution is 5.14. The first kappa shape index (κ1) is 17.0. The Morgan fingerprint density at radius 1 is 1.10 bits per heavy atom. The van der Waals surface area contributed by atoms with Gasteiger partial charge in [0.15, 0.2) is 0 Å². The van der Waals surface area contributed by atoms with Gasteiger partial charge in [-0.2, -0.15) is 13.2 Å². The van der Waals surface area contributed by atoms with Gasteiger partial charge in [-0.1, -0.05) is 44.2 Å². The van der Waals surface area contributed by atoms with E-state index in [1.54, 1.807) is 0 Å². The summed E-state index contributed by atoms with van der Waals surface area (Å²) < 4.78 is 41.0. The number of hydrogen-bond acceptors (Lipinski definition) is 2. The topological polar surface area (TPSA) is 21.3 Å². The molecule has 1 aromatic carbocycles. The number of hydrogen-bond donors (Lipinski definition) is 1. The van der Waals surface area contributed by atoms with Gasteiger partial charge < -0.3 is 10.1 Å². The average Bonchev–Trinajstić information content (AvgIpc) is 2.35. The zero-order valence-electron chi connectivity index (χ0n) is 12.0. The van der Waals surface area contributed by atoms with Gasteiger partial charge in [-0.15, -0.1) is 0 Å². The molecule has 114 valence electrons. The highest BCUT2D eigenvalue weighted by Gasteiger charge is 2.27. The summed E-state index contributed by atoms with van der Waals surface area (Å²) in [6.45, 7) is 5.41. The lowest BCUT2D eigenvalue weighted by Crippen LogP contribution is -2.33. The molecule has 2 nitrogen and oxygen atoms in total. The Hall–Kier alpha value is -1.07. The molecule has 0 saturated heterocycles. The third-order valence-corrected chi connectivity index (χ3v) is 2.80. The maximum absolute atomic E-state index is 12.0. The van der Waals surface area contributed by atoms with E-state index in [2.05, 4.69) is 5.32 Å². The van der Waals surface area contributed by atoms with Crippen molar-refractivity contribution in [3.63, 3.8) is 0 Å². The number of nitrogens with one attached hydrogen (secondary N) is 1. The van der Waals surface area contributed by atoms with Gasteiger partial charge in [0.2, 0.25) is 0 Å². The van der Waals surface area contributed by atoms with Gasteiger partial charge in [-0.25, -0.2) is 0 Å². The summed E-state index contributed by atoms with van der Waals surface area (Å²) in [6, 6.07) is 9.96. The van der Waals surface area contributed by atoms with Crippen molar-refractivity contribution in [1.29, 1.82) is 0 Å². The minimum absolute atomic E-state index is 0.194. The summed E-state index contributed by atoms with van der Waals surface area (Å²) in [4.78, 5) is 0. The molecule has 1 N–H and O–H groups in total. The molecule has 0 heterocycles. The maximum atomic E-state index is 12.0. The molecule has 0 bridgehead atoms. The minimum Gasteiger partial charge on any atom is -0.380 e. The van der Waals surface area contributed by atoms with Crippen LogP contribution in [0.5, 0.6) is 0 Å². The molecular weight excluding hydrogens is 267 g/mol. The fourth-order valence-electron chi connectivity index (χ4n) is 1.73. The molecule has 0 aliphatic heterocycles. The van der Waals surface area contributed by atoms with Crippen LogP contribution in [0.1, 0.15) is 25.8 Å². The molecule has 1 rings (SSSR count). The van der Waals surface area contributed by atoms with Crippen molar-refractivity contribution >= 4 is 0 Å². The Morgan fingerprint density at radius 3 is 2.35 bits per heavy atom. The monoisotopic (exact) mass is 289 g/mol. The number of rotatable bonds is 8. The van der Waals surface area contributed by atoms with Crippen molar-refractivity contribution in [3.05, 3.63) is 35.9 Å². The Kier molecular flexibility index (Phi) is 6.49. The van der Waals surface area contributed by atoms with Crippen LogP contribution in [0.4, 0.5) is 13.2 Å². The van der Waals surface area contributed by atoms with Crippen molar-refractivity contribution < 1.29 is 17.9 Å². The summed E-state index contributed by atoms with van der Waals surface area (Å²) in [5.41, 5.74) is 0.988. The van der Waals surface area contributed by atoms with E-state index in [0.717, 1.165) is 6.54 Å². The predicted molar refractivity (Wildman–Crippen MR) is 73.4 cm³/mol. The van der Waals surface area contributed by atoms with Crippen LogP contribution in [0, 0.1) is 5.41 Å². The lowest BCUT2D eigenvalue weighted by molar-refractivity contribution is -0.147. The normalized spacial score (nSPS) is 12.7. The van der Waals surface area contributed by atoms with Crippen LogP contribution in [0.3, 0.4) is 0 Å². The Labute approximate surface area is 118 Å². The van der Waals surface area contributed by atoms with Crippen LogP contribution in [0.25, 0.3) is 0 Å². The fourth-order valence-corrected chi connectivity index (χ4v) is 1.73. The van der Waals surface area contributed by atoms with Gasteiger partial charge in [0.05, 0.1) is 19.6 Å². The molecule has 0 fully saturated rings. The highest BCUT2D eigenvalue weighted by atomic mass is 19.4. The molecule has 0 unspecified atom stereocenters. The lowest BCUT2D eigenvalue weighted by atomic mass is 9.95. The zero-order chi connectivity index (χ0) is 15.1. The number of halogens is 3. The molecule has 0 aliphatic carbocycles. The SMILES string of the molecule is CC(C)(CNCc1ccccc1)COCCC(F)(F)F. The second-order valence-corrected chi connectivity index (χ2v) is 5.67. The number of alkyl halides is 3. The van der Waals surface area contributed by atoms with Crippen LogP contribution in [0.2, 0.25) is 0 Å². The summed E-state index contributed by atoms with van der Waals surface area (Å²) in [5.74, 6) is 0. The molecule has 0 amide bonds. The van der Waals surface area contributed by atoms with Crippen molar-refractivity contribution in [2.45, 2.75) is 33.0 Å². The first-order valence-electron chi connectivity index (χ1n) is 6.68. The maximum Gasteiger partial charge on any atom is 0.391 e. The van der Waals surface area contributed by atoms with E-state index >= 15 is 0 Å². The van der Waals surface area contributed by atoms with Crippen LogP contribution >= 0.6 is 0 Å². The van der Waals surface area contributed by atoms with Crippen molar-refractivity contribution in [2.24, 2.45) is 5.41 Å².